The maximum atomic E-state index is 10.7. The van der Waals surface area contributed by atoms with E-state index in [1.165, 1.54) is 11.1 Å². The van der Waals surface area contributed by atoms with Gasteiger partial charge in [0.1, 0.15) is 5.75 Å². The Morgan fingerprint density at radius 2 is 2.32 bits per heavy atom. The van der Waals surface area contributed by atoms with Gasteiger partial charge in [0.15, 0.2) is 0 Å². The Morgan fingerprint density at radius 3 is 2.89 bits per heavy atom. The van der Waals surface area contributed by atoms with Crippen molar-refractivity contribution in [2.24, 2.45) is 11.8 Å². The number of methoxy groups -OCH3 is 1. The van der Waals surface area contributed by atoms with Crippen LogP contribution in [0.1, 0.15) is 24.5 Å². The normalized spacial score (nSPS) is 21.2. The second-order valence-electron chi connectivity index (χ2n) is 5.07. The molecule has 0 spiro atoms. The van der Waals surface area contributed by atoms with Crippen molar-refractivity contribution in [2.45, 2.75) is 26.3 Å². The molecule has 2 rings (SSSR count). The number of rotatable bonds is 7. The van der Waals surface area contributed by atoms with Crippen LogP contribution in [0.4, 0.5) is 0 Å². The largest absolute Gasteiger partial charge is 0.496 e. The number of carboxylic acid groups (broad SMARTS) is 1. The van der Waals surface area contributed by atoms with Crippen molar-refractivity contribution in [2.75, 3.05) is 13.7 Å². The van der Waals surface area contributed by atoms with Gasteiger partial charge in [-0.15, -0.1) is 0 Å². The third kappa shape index (κ3) is 3.47. The first-order valence-corrected chi connectivity index (χ1v) is 6.75. The highest BCUT2D eigenvalue weighted by Gasteiger charge is 2.42. The zero-order valence-electron chi connectivity index (χ0n) is 11.5. The molecular formula is C15H21NO3. The van der Waals surface area contributed by atoms with E-state index in [1.54, 1.807) is 7.11 Å². The number of carbonyl (C=O) groups is 1. The molecule has 4 nitrogen and oxygen atoms in total. The number of hydrogen-bond donors (Lipinski definition) is 2. The molecule has 0 aromatic heterocycles. The molecule has 0 saturated heterocycles. The van der Waals surface area contributed by atoms with E-state index in [2.05, 4.69) is 18.3 Å². The molecule has 2 atom stereocenters. The summed E-state index contributed by atoms with van der Waals surface area (Å²) in [5, 5.41) is 12.2. The van der Waals surface area contributed by atoms with Gasteiger partial charge < -0.3 is 15.2 Å². The van der Waals surface area contributed by atoms with Gasteiger partial charge in [0, 0.05) is 6.54 Å². The summed E-state index contributed by atoms with van der Waals surface area (Å²) in [5.74, 6) is 0.444. The average molecular weight is 263 g/mol. The smallest absolute Gasteiger partial charge is 0.306 e. The summed E-state index contributed by atoms with van der Waals surface area (Å²) in [6.07, 6.45) is 1.76. The van der Waals surface area contributed by atoms with Gasteiger partial charge in [-0.05, 0) is 42.5 Å². The number of hydrogen-bond acceptors (Lipinski definition) is 3. The van der Waals surface area contributed by atoms with Gasteiger partial charge in [0.05, 0.1) is 13.0 Å². The molecule has 0 heterocycles. The molecule has 1 aromatic rings. The summed E-state index contributed by atoms with van der Waals surface area (Å²) in [6.45, 7) is 3.67. The first-order chi connectivity index (χ1) is 9.15. The Balaban J connectivity index is 1.82. The summed E-state index contributed by atoms with van der Waals surface area (Å²) < 4.78 is 5.30. The molecule has 2 unspecified atom stereocenters. The van der Waals surface area contributed by atoms with E-state index < -0.39 is 5.97 Å². The van der Waals surface area contributed by atoms with Crippen molar-refractivity contribution in [1.82, 2.24) is 5.32 Å². The molecule has 1 saturated carbocycles. The number of benzene rings is 1. The highest BCUT2D eigenvalue weighted by Crippen LogP contribution is 2.37. The molecule has 1 aromatic carbocycles. The van der Waals surface area contributed by atoms with E-state index >= 15 is 0 Å². The molecule has 0 aliphatic heterocycles. The van der Waals surface area contributed by atoms with Crippen LogP contribution in [-0.2, 0) is 17.8 Å². The van der Waals surface area contributed by atoms with Crippen LogP contribution in [0.15, 0.2) is 18.2 Å². The Kier molecular flexibility index (Phi) is 4.43. The molecule has 1 fully saturated rings. The van der Waals surface area contributed by atoms with Gasteiger partial charge in [-0.25, -0.2) is 0 Å². The SMILES string of the molecule is CCc1cc(CNCC2CC2C(=O)O)ccc1OC. The number of aliphatic carboxylic acids is 1. The van der Waals surface area contributed by atoms with E-state index in [0.29, 0.717) is 5.92 Å². The van der Waals surface area contributed by atoms with Gasteiger partial charge in [-0.2, -0.15) is 0 Å². The Hall–Kier alpha value is -1.55. The molecule has 2 N–H and O–H groups in total. The summed E-state index contributed by atoms with van der Waals surface area (Å²) in [6, 6.07) is 6.19. The van der Waals surface area contributed by atoms with Crippen molar-refractivity contribution in [3.8, 4) is 5.75 Å². The zero-order valence-corrected chi connectivity index (χ0v) is 11.5. The lowest BCUT2D eigenvalue weighted by Crippen LogP contribution is -2.18. The van der Waals surface area contributed by atoms with E-state index in [1.807, 2.05) is 12.1 Å². The summed E-state index contributed by atoms with van der Waals surface area (Å²) >= 11 is 0. The Bertz CT molecular complexity index is 459. The maximum absolute atomic E-state index is 10.7. The summed E-state index contributed by atoms with van der Waals surface area (Å²) in [4.78, 5) is 10.7. The van der Waals surface area contributed by atoms with Crippen LogP contribution in [0.25, 0.3) is 0 Å². The molecule has 0 bridgehead atoms. The zero-order chi connectivity index (χ0) is 13.8. The van der Waals surface area contributed by atoms with E-state index in [-0.39, 0.29) is 5.92 Å². The van der Waals surface area contributed by atoms with Crippen molar-refractivity contribution >= 4 is 5.97 Å². The first-order valence-electron chi connectivity index (χ1n) is 6.75. The molecule has 1 aliphatic rings. The minimum absolute atomic E-state index is 0.130. The molecular weight excluding hydrogens is 242 g/mol. The van der Waals surface area contributed by atoms with Crippen LogP contribution < -0.4 is 10.1 Å². The topological polar surface area (TPSA) is 58.6 Å². The quantitative estimate of drug-likeness (QED) is 0.790. The van der Waals surface area contributed by atoms with Crippen LogP contribution in [0.2, 0.25) is 0 Å². The van der Waals surface area contributed by atoms with E-state index in [4.69, 9.17) is 9.84 Å². The summed E-state index contributed by atoms with van der Waals surface area (Å²) in [5.41, 5.74) is 2.42. The van der Waals surface area contributed by atoms with Crippen LogP contribution in [-0.4, -0.2) is 24.7 Å². The molecule has 19 heavy (non-hydrogen) atoms. The van der Waals surface area contributed by atoms with Gasteiger partial charge >= 0.3 is 5.97 Å². The Labute approximate surface area is 113 Å². The summed E-state index contributed by atoms with van der Waals surface area (Å²) in [7, 11) is 1.69. The number of nitrogens with one attached hydrogen (secondary N) is 1. The second kappa shape index (κ2) is 6.06. The lowest BCUT2D eigenvalue weighted by molar-refractivity contribution is -0.138. The van der Waals surface area contributed by atoms with E-state index in [9.17, 15) is 4.79 Å². The van der Waals surface area contributed by atoms with E-state index in [0.717, 1.165) is 31.7 Å². The third-order valence-corrected chi connectivity index (χ3v) is 3.70. The van der Waals surface area contributed by atoms with Gasteiger partial charge in [0.25, 0.3) is 0 Å². The fourth-order valence-corrected chi connectivity index (χ4v) is 2.40. The number of carboxylic acids is 1. The standard InChI is InChI=1S/C15H21NO3/c1-3-11-6-10(4-5-14(11)19-2)8-16-9-12-7-13(12)15(17)18/h4-6,12-13,16H,3,7-9H2,1-2H3,(H,17,18). The van der Waals surface area contributed by atoms with Crippen molar-refractivity contribution in [1.29, 1.82) is 0 Å². The Morgan fingerprint density at radius 1 is 1.53 bits per heavy atom. The van der Waals surface area contributed by atoms with Crippen molar-refractivity contribution in [3.63, 3.8) is 0 Å². The van der Waals surface area contributed by atoms with Gasteiger partial charge in [0.2, 0.25) is 0 Å². The average Bonchev–Trinajstić information content (AvgIpc) is 3.18. The lowest BCUT2D eigenvalue weighted by atomic mass is 10.1. The minimum atomic E-state index is -0.662. The maximum Gasteiger partial charge on any atom is 0.306 e. The molecule has 0 radical (unpaired) electrons. The predicted octanol–water partition coefficient (Wildman–Crippen LogP) is 2.07. The van der Waals surface area contributed by atoms with Gasteiger partial charge in [-0.1, -0.05) is 19.1 Å². The lowest BCUT2D eigenvalue weighted by Gasteiger charge is -2.10. The molecule has 104 valence electrons. The van der Waals surface area contributed by atoms with Crippen molar-refractivity contribution in [3.05, 3.63) is 29.3 Å². The highest BCUT2D eigenvalue weighted by atomic mass is 16.5. The fourth-order valence-electron chi connectivity index (χ4n) is 2.40. The second-order valence-corrected chi connectivity index (χ2v) is 5.07. The molecule has 1 aliphatic carbocycles. The number of ether oxygens (including phenoxy) is 1. The van der Waals surface area contributed by atoms with Crippen LogP contribution in [0, 0.1) is 11.8 Å². The third-order valence-electron chi connectivity index (χ3n) is 3.70. The number of aryl methyl sites for hydroxylation is 1. The van der Waals surface area contributed by atoms with Crippen molar-refractivity contribution < 1.29 is 14.6 Å². The highest BCUT2D eigenvalue weighted by molar-refractivity contribution is 5.73. The molecule has 0 amide bonds. The monoisotopic (exact) mass is 263 g/mol. The van der Waals surface area contributed by atoms with Gasteiger partial charge in [-0.3, -0.25) is 4.79 Å². The van der Waals surface area contributed by atoms with Crippen LogP contribution in [0.3, 0.4) is 0 Å². The minimum Gasteiger partial charge on any atom is -0.496 e. The first kappa shape index (κ1) is 13.9. The molecule has 4 heteroatoms. The fraction of sp³-hybridized carbons (Fsp3) is 0.533. The van der Waals surface area contributed by atoms with Crippen LogP contribution in [0.5, 0.6) is 5.75 Å². The predicted molar refractivity (Wildman–Crippen MR) is 73.3 cm³/mol. The van der Waals surface area contributed by atoms with Crippen LogP contribution >= 0.6 is 0 Å².